The number of rotatable bonds is 5. The van der Waals surface area contributed by atoms with Crippen LogP contribution in [0.1, 0.15) is 19.3 Å². The monoisotopic (exact) mass is 427 g/mol. The van der Waals surface area contributed by atoms with E-state index >= 15 is 0 Å². The van der Waals surface area contributed by atoms with Gasteiger partial charge in [0.05, 0.1) is 4.90 Å². The van der Waals surface area contributed by atoms with E-state index in [2.05, 4.69) is 10.3 Å². The van der Waals surface area contributed by atoms with Crippen molar-refractivity contribution in [2.75, 3.05) is 11.9 Å². The van der Waals surface area contributed by atoms with Crippen LogP contribution in [0.2, 0.25) is 0 Å². The highest BCUT2D eigenvalue weighted by molar-refractivity contribution is 7.89. The first-order valence-corrected chi connectivity index (χ1v) is 11.8. The standard InChI is InChI=1S/C21H21N3O3S2/c25-20(23-17-11-9-16(10-12-17)21-22-13-15-28-21)19-8-4-5-14-24(19)29(26,27)18-6-2-1-3-7-18/h1-3,6-7,9-13,15,19H,4-5,8,14H2,(H,23,25)/t19-/m0/s1. The molecule has 1 aromatic heterocycles. The van der Waals surface area contributed by atoms with Gasteiger partial charge in [0.2, 0.25) is 15.9 Å². The summed E-state index contributed by atoms with van der Waals surface area (Å²) in [5.41, 5.74) is 1.61. The molecule has 0 radical (unpaired) electrons. The first-order valence-electron chi connectivity index (χ1n) is 9.43. The summed E-state index contributed by atoms with van der Waals surface area (Å²) in [4.78, 5) is 17.4. The van der Waals surface area contributed by atoms with Crippen LogP contribution in [0.25, 0.3) is 10.6 Å². The lowest BCUT2D eigenvalue weighted by atomic mass is 10.0. The molecule has 2 aromatic carbocycles. The number of piperidine rings is 1. The van der Waals surface area contributed by atoms with Gasteiger partial charge in [-0.05, 0) is 49.2 Å². The van der Waals surface area contributed by atoms with Gasteiger partial charge in [-0.2, -0.15) is 4.31 Å². The van der Waals surface area contributed by atoms with Crippen LogP contribution in [0.3, 0.4) is 0 Å². The molecule has 2 heterocycles. The summed E-state index contributed by atoms with van der Waals surface area (Å²) in [6.45, 7) is 0.346. The molecule has 0 spiro atoms. The van der Waals surface area contributed by atoms with Gasteiger partial charge in [0.25, 0.3) is 0 Å². The fraction of sp³-hybridized carbons (Fsp3) is 0.238. The summed E-state index contributed by atoms with van der Waals surface area (Å²) >= 11 is 1.55. The van der Waals surface area contributed by atoms with Crippen LogP contribution in [-0.2, 0) is 14.8 Å². The average molecular weight is 428 g/mol. The Morgan fingerprint density at radius 3 is 2.52 bits per heavy atom. The predicted molar refractivity (Wildman–Crippen MR) is 114 cm³/mol. The Labute approximate surface area is 174 Å². The number of carbonyl (C=O) groups excluding carboxylic acids is 1. The van der Waals surface area contributed by atoms with Crippen molar-refractivity contribution in [2.24, 2.45) is 0 Å². The average Bonchev–Trinajstić information content (AvgIpc) is 3.30. The number of hydrogen-bond acceptors (Lipinski definition) is 5. The largest absolute Gasteiger partial charge is 0.325 e. The van der Waals surface area contributed by atoms with Gasteiger partial charge in [0, 0.05) is 29.4 Å². The third-order valence-corrected chi connectivity index (χ3v) is 7.68. The number of amides is 1. The number of sulfonamides is 1. The van der Waals surface area contributed by atoms with E-state index in [1.165, 1.54) is 4.31 Å². The fourth-order valence-corrected chi connectivity index (χ4v) is 5.79. The Morgan fingerprint density at radius 2 is 1.83 bits per heavy atom. The second kappa shape index (κ2) is 8.44. The van der Waals surface area contributed by atoms with Crippen molar-refractivity contribution < 1.29 is 13.2 Å². The molecule has 0 bridgehead atoms. The summed E-state index contributed by atoms with van der Waals surface area (Å²) < 4.78 is 27.5. The summed E-state index contributed by atoms with van der Waals surface area (Å²) in [5, 5.41) is 5.70. The van der Waals surface area contributed by atoms with Gasteiger partial charge in [-0.15, -0.1) is 11.3 Å². The highest BCUT2D eigenvalue weighted by atomic mass is 32.2. The molecule has 8 heteroatoms. The number of nitrogens with one attached hydrogen (secondary N) is 1. The Bertz CT molecular complexity index is 1070. The Kier molecular flexibility index (Phi) is 5.75. The number of carbonyl (C=O) groups is 1. The number of nitrogens with zero attached hydrogens (tertiary/aromatic N) is 2. The van der Waals surface area contributed by atoms with Crippen molar-refractivity contribution in [3.8, 4) is 10.6 Å². The van der Waals surface area contributed by atoms with Crippen LogP contribution in [0.4, 0.5) is 5.69 Å². The Hall–Kier alpha value is -2.55. The molecule has 1 aliphatic rings. The summed E-state index contributed by atoms with van der Waals surface area (Å²) in [6.07, 6.45) is 3.83. The van der Waals surface area contributed by atoms with Crippen LogP contribution in [0.5, 0.6) is 0 Å². The molecule has 1 atom stereocenters. The van der Waals surface area contributed by atoms with Crippen LogP contribution in [0, 0.1) is 0 Å². The lowest BCUT2D eigenvalue weighted by molar-refractivity contribution is -0.120. The number of anilines is 1. The van der Waals surface area contributed by atoms with E-state index in [1.807, 2.05) is 29.6 Å². The second-order valence-electron chi connectivity index (χ2n) is 6.84. The topological polar surface area (TPSA) is 79.4 Å². The molecule has 29 heavy (non-hydrogen) atoms. The summed E-state index contributed by atoms with van der Waals surface area (Å²) in [7, 11) is -3.72. The van der Waals surface area contributed by atoms with Crippen LogP contribution in [0.15, 0.2) is 71.1 Å². The zero-order valence-electron chi connectivity index (χ0n) is 15.7. The maximum atomic E-state index is 13.1. The number of benzene rings is 2. The first kappa shape index (κ1) is 19.8. The molecule has 1 amide bonds. The molecule has 150 valence electrons. The van der Waals surface area contributed by atoms with Crippen LogP contribution in [-0.4, -0.2) is 36.2 Å². The molecule has 0 unspecified atom stereocenters. The molecule has 3 aromatic rings. The fourth-order valence-electron chi connectivity index (χ4n) is 3.47. The third kappa shape index (κ3) is 4.24. The first-order chi connectivity index (χ1) is 14.1. The van der Waals surface area contributed by atoms with E-state index in [9.17, 15) is 13.2 Å². The van der Waals surface area contributed by atoms with E-state index in [-0.39, 0.29) is 10.8 Å². The predicted octanol–water partition coefficient (Wildman–Crippen LogP) is 3.99. The molecule has 0 aliphatic carbocycles. The SMILES string of the molecule is O=C(Nc1ccc(-c2nccs2)cc1)[C@@H]1CCCCN1S(=O)(=O)c1ccccc1. The van der Waals surface area contributed by atoms with E-state index in [1.54, 1.807) is 47.9 Å². The minimum atomic E-state index is -3.72. The van der Waals surface area contributed by atoms with E-state index in [0.717, 1.165) is 23.4 Å². The van der Waals surface area contributed by atoms with Crippen molar-refractivity contribution in [2.45, 2.75) is 30.2 Å². The van der Waals surface area contributed by atoms with Crippen molar-refractivity contribution in [3.63, 3.8) is 0 Å². The minimum absolute atomic E-state index is 0.215. The number of thiazole rings is 1. The van der Waals surface area contributed by atoms with E-state index in [4.69, 9.17) is 0 Å². The van der Waals surface area contributed by atoms with Gasteiger partial charge in [0.15, 0.2) is 0 Å². The molecule has 1 aliphatic heterocycles. The molecule has 0 saturated carbocycles. The molecule has 1 fully saturated rings. The van der Waals surface area contributed by atoms with Gasteiger partial charge in [-0.3, -0.25) is 4.79 Å². The summed E-state index contributed by atoms with van der Waals surface area (Å²) in [6, 6.07) is 15.0. The van der Waals surface area contributed by atoms with E-state index < -0.39 is 16.1 Å². The lowest BCUT2D eigenvalue weighted by Crippen LogP contribution is -2.49. The zero-order chi connectivity index (χ0) is 20.3. The van der Waals surface area contributed by atoms with Crippen LogP contribution < -0.4 is 5.32 Å². The van der Waals surface area contributed by atoms with Crippen molar-refractivity contribution >= 4 is 33.0 Å². The number of aromatic nitrogens is 1. The highest BCUT2D eigenvalue weighted by Crippen LogP contribution is 2.27. The quantitative estimate of drug-likeness (QED) is 0.668. The molecular formula is C21H21N3O3S2. The summed E-state index contributed by atoms with van der Waals surface area (Å²) in [5.74, 6) is -0.300. The van der Waals surface area contributed by atoms with Gasteiger partial charge >= 0.3 is 0 Å². The normalized spacial score (nSPS) is 17.7. The van der Waals surface area contributed by atoms with Crippen molar-refractivity contribution in [1.82, 2.24) is 9.29 Å². The number of hydrogen-bond donors (Lipinski definition) is 1. The second-order valence-corrected chi connectivity index (χ2v) is 9.63. The minimum Gasteiger partial charge on any atom is -0.325 e. The van der Waals surface area contributed by atoms with Gasteiger partial charge < -0.3 is 5.32 Å². The lowest BCUT2D eigenvalue weighted by Gasteiger charge is -2.33. The van der Waals surface area contributed by atoms with Gasteiger partial charge in [-0.1, -0.05) is 24.6 Å². The molecule has 6 nitrogen and oxygen atoms in total. The third-order valence-electron chi connectivity index (χ3n) is 4.94. The Morgan fingerprint density at radius 1 is 1.07 bits per heavy atom. The maximum absolute atomic E-state index is 13.1. The van der Waals surface area contributed by atoms with Crippen LogP contribution >= 0.6 is 11.3 Å². The maximum Gasteiger partial charge on any atom is 0.243 e. The van der Waals surface area contributed by atoms with Crippen molar-refractivity contribution in [1.29, 1.82) is 0 Å². The molecule has 1 N–H and O–H groups in total. The van der Waals surface area contributed by atoms with Gasteiger partial charge in [0.1, 0.15) is 11.0 Å². The van der Waals surface area contributed by atoms with E-state index in [0.29, 0.717) is 18.7 Å². The molecule has 1 saturated heterocycles. The smallest absolute Gasteiger partial charge is 0.243 e. The Balaban J connectivity index is 1.52. The zero-order valence-corrected chi connectivity index (χ0v) is 17.3. The van der Waals surface area contributed by atoms with Crippen molar-refractivity contribution in [3.05, 3.63) is 66.2 Å². The molecule has 4 rings (SSSR count). The van der Waals surface area contributed by atoms with Gasteiger partial charge in [-0.25, -0.2) is 13.4 Å². The molecular weight excluding hydrogens is 406 g/mol. The highest BCUT2D eigenvalue weighted by Gasteiger charge is 2.37.